The standard InChI is InChI=1S/C17H16F2N2O3/c1-10-3-8-15(24-17(18)19)14(9-10)11(2)20-21-13-6-4-12(5-7-13)16(22)23/h3-9,17,21H,1-2H3,(H,22,23)/p-1/b20-11-. The van der Waals surface area contributed by atoms with Crippen LogP contribution in [-0.2, 0) is 0 Å². The number of rotatable bonds is 6. The van der Waals surface area contributed by atoms with Gasteiger partial charge in [-0.1, -0.05) is 23.8 Å². The Morgan fingerprint density at radius 3 is 2.46 bits per heavy atom. The van der Waals surface area contributed by atoms with Crippen LogP contribution in [-0.4, -0.2) is 18.3 Å². The van der Waals surface area contributed by atoms with Gasteiger partial charge in [0.15, 0.2) is 0 Å². The number of carboxylic acid groups (broad SMARTS) is 1. The maximum absolute atomic E-state index is 12.5. The van der Waals surface area contributed by atoms with Crippen LogP contribution in [0.2, 0.25) is 0 Å². The van der Waals surface area contributed by atoms with Gasteiger partial charge in [0.25, 0.3) is 0 Å². The van der Waals surface area contributed by atoms with Gasteiger partial charge in [0.1, 0.15) is 5.75 Å². The van der Waals surface area contributed by atoms with Crippen molar-refractivity contribution in [3.63, 3.8) is 0 Å². The number of nitrogens with one attached hydrogen (secondary N) is 1. The summed E-state index contributed by atoms with van der Waals surface area (Å²) >= 11 is 0. The molecule has 0 aliphatic rings. The minimum Gasteiger partial charge on any atom is -0.545 e. The second kappa shape index (κ2) is 7.54. The van der Waals surface area contributed by atoms with Crippen LogP contribution < -0.4 is 15.3 Å². The molecular formula is C17H15F2N2O3-. The van der Waals surface area contributed by atoms with E-state index in [1.54, 1.807) is 19.1 Å². The first-order valence-electron chi connectivity index (χ1n) is 7.04. The summed E-state index contributed by atoms with van der Waals surface area (Å²) in [6.45, 7) is 0.550. The highest BCUT2D eigenvalue weighted by atomic mass is 19.3. The zero-order valence-corrected chi connectivity index (χ0v) is 13.0. The summed E-state index contributed by atoms with van der Waals surface area (Å²) in [4.78, 5) is 10.7. The van der Waals surface area contributed by atoms with Crippen molar-refractivity contribution in [2.75, 3.05) is 5.43 Å². The average Bonchev–Trinajstić information content (AvgIpc) is 2.54. The van der Waals surface area contributed by atoms with Crippen LogP contribution in [0.4, 0.5) is 14.5 Å². The summed E-state index contributed by atoms with van der Waals surface area (Å²) in [6.07, 6.45) is 0. The van der Waals surface area contributed by atoms with Crippen molar-refractivity contribution < 1.29 is 23.4 Å². The van der Waals surface area contributed by atoms with Gasteiger partial charge in [0, 0.05) is 5.56 Å². The monoisotopic (exact) mass is 333 g/mol. The molecule has 0 saturated carbocycles. The number of benzene rings is 2. The summed E-state index contributed by atoms with van der Waals surface area (Å²) in [7, 11) is 0. The van der Waals surface area contributed by atoms with Crippen LogP contribution in [0.5, 0.6) is 5.75 Å². The lowest BCUT2D eigenvalue weighted by Crippen LogP contribution is -2.21. The second-order valence-corrected chi connectivity index (χ2v) is 5.05. The van der Waals surface area contributed by atoms with E-state index in [2.05, 4.69) is 15.3 Å². The minimum atomic E-state index is -2.93. The lowest BCUT2D eigenvalue weighted by atomic mass is 10.1. The highest BCUT2D eigenvalue weighted by Gasteiger charge is 2.12. The first kappa shape index (κ1) is 17.4. The first-order chi connectivity index (χ1) is 11.4. The molecule has 0 aliphatic carbocycles. The van der Waals surface area contributed by atoms with E-state index in [-0.39, 0.29) is 11.3 Å². The molecule has 0 unspecified atom stereocenters. The lowest BCUT2D eigenvalue weighted by Gasteiger charge is -2.12. The number of halogens is 2. The van der Waals surface area contributed by atoms with Gasteiger partial charge in [0.2, 0.25) is 0 Å². The van der Waals surface area contributed by atoms with Crippen molar-refractivity contribution in [1.29, 1.82) is 0 Å². The van der Waals surface area contributed by atoms with Gasteiger partial charge in [0.05, 0.1) is 17.4 Å². The summed E-state index contributed by atoms with van der Waals surface area (Å²) < 4.78 is 29.5. The summed E-state index contributed by atoms with van der Waals surface area (Å²) in [5.74, 6) is -1.24. The molecule has 0 radical (unpaired) electrons. The molecular weight excluding hydrogens is 318 g/mol. The number of carbonyl (C=O) groups is 1. The fourth-order valence-corrected chi connectivity index (χ4v) is 2.01. The zero-order chi connectivity index (χ0) is 17.7. The molecule has 2 aromatic carbocycles. The summed E-state index contributed by atoms with van der Waals surface area (Å²) in [6, 6.07) is 10.6. The topological polar surface area (TPSA) is 73.8 Å². The van der Waals surface area contributed by atoms with Crippen molar-refractivity contribution >= 4 is 17.4 Å². The van der Waals surface area contributed by atoms with E-state index in [4.69, 9.17) is 0 Å². The Bertz CT molecular complexity index is 759. The third-order valence-electron chi connectivity index (χ3n) is 3.21. The van der Waals surface area contributed by atoms with Crippen LogP contribution in [0, 0.1) is 6.92 Å². The highest BCUT2D eigenvalue weighted by molar-refractivity contribution is 6.01. The second-order valence-electron chi connectivity index (χ2n) is 5.05. The number of aryl methyl sites for hydroxylation is 1. The highest BCUT2D eigenvalue weighted by Crippen LogP contribution is 2.23. The third kappa shape index (κ3) is 4.52. The Kier molecular flexibility index (Phi) is 5.47. The van der Waals surface area contributed by atoms with Crippen LogP contribution in [0.25, 0.3) is 0 Å². The SMILES string of the molecule is C/C(=N/Nc1ccc(C(=O)[O-])cc1)c1cc(C)ccc1OC(F)F. The van der Waals surface area contributed by atoms with Crippen molar-refractivity contribution in [1.82, 2.24) is 0 Å². The molecule has 0 heterocycles. The Labute approximate surface area is 137 Å². The number of carboxylic acids is 1. The molecule has 2 rings (SSSR count). The van der Waals surface area contributed by atoms with Gasteiger partial charge in [-0.2, -0.15) is 13.9 Å². The number of nitrogens with zero attached hydrogens (tertiary/aromatic N) is 1. The lowest BCUT2D eigenvalue weighted by molar-refractivity contribution is -0.255. The van der Waals surface area contributed by atoms with E-state index in [1.165, 1.54) is 30.3 Å². The van der Waals surface area contributed by atoms with Gasteiger partial charge in [-0.25, -0.2) is 0 Å². The minimum absolute atomic E-state index is 0.0333. The third-order valence-corrected chi connectivity index (χ3v) is 3.21. The normalized spacial score (nSPS) is 11.5. The van der Waals surface area contributed by atoms with E-state index in [9.17, 15) is 18.7 Å². The first-order valence-corrected chi connectivity index (χ1v) is 7.04. The molecule has 0 fully saturated rings. The number of anilines is 1. The fraction of sp³-hybridized carbons (Fsp3) is 0.176. The molecule has 7 heteroatoms. The van der Waals surface area contributed by atoms with Crippen LogP contribution >= 0.6 is 0 Å². The Morgan fingerprint density at radius 2 is 1.88 bits per heavy atom. The summed E-state index contributed by atoms with van der Waals surface area (Å²) in [5.41, 5.74) is 5.09. The quantitative estimate of drug-likeness (QED) is 0.652. The van der Waals surface area contributed by atoms with Gasteiger partial charge < -0.3 is 14.6 Å². The van der Waals surface area contributed by atoms with Crippen LogP contribution in [0.15, 0.2) is 47.6 Å². The molecule has 0 atom stereocenters. The maximum atomic E-state index is 12.5. The molecule has 126 valence electrons. The number of hydrogen-bond donors (Lipinski definition) is 1. The van der Waals surface area contributed by atoms with Crippen molar-refractivity contribution in [3.05, 3.63) is 59.2 Å². The van der Waals surface area contributed by atoms with Gasteiger partial charge >= 0.3 is 6.61 Å². The molecule has 0 amide bonds. The van der Waals surface area contributed by atoms with Crippen LogP contribution in [0.1, 0.15) is 28.4 Å². The van der Waals surface area contributed by atoms with E-state index in [0.29, 0.717) is 17.0 Å². The molecule has 0 aromatic heterocycles. The number of hydrogen-bond acceptors (Lipinski definition) is 5. The molecule has 5 nitrogen and oxygen atoms in total. The van der Waals surface area contributed by atoms with Crippen LogP contribution in [0.3, 0.4) is 0 Å². The molecule has 0 saturated heterocycles. The Morgan fingerprint density at radius 1 is 1.21 bits per heavy atom. The number of aromatic carboxylic acids is 1. The molecule has 2 aromatic rings. The van der Waals surface area contributed by atoms with E-state index in [1.807, 2.05) is 6.92 Å². The van der Waals surface area contributed by atoms with E-state index in [0.717, 1.165) is 5.56 Å². The molecule has 0 bridgehead atoms. The largest absolute Gasteiger partial charge is 0.545 e. The van der Waals surface area contributed by atoms with Gasteiger partial charge in [-0.05, 0) is 43.7 Å². The molecule has 1 N–H and O–H groups in total. The summed E-state index contributed by atoms with van der Waals surface area (Å²) in [5, 5.41) is 14.8. The Balaban J connectivity index is 2.21. The Hall–Kier alpha value is -2.96. The zero-order valence-electron chi connectivity index (χ0n) is 13.0. The van der Waals surface area contributed by atoms with E-state index >= 15 is 0 Å². The van der Waals surface area contributed by atoms with Crippen molar-refractivity contribution in [2.24, 2.45) is 5.10 Å². The smallest absolute Gasteiger partial charge is 0.387 e. The number of carbonyl (C=O) groups excluding carboxylic acids is 1. The van der Waals surface area contributed by atoms with E-state index < -0.39 is 12.6 Å². The molecule has 24 heavy (non-hydrogen) atoms. The van der Waals surface area contributed by atoms with Gasteiger partial charge in [-0.3, -0.25) is 5.43 Å². The average molecular weight is 333 g/mol. The predicted octanol–water partition coefficient (Wildman–Crippen LogP) is 2.80. The number of ether oxygens (including phenoxy) is 1. The molecule has 0 aliphatic heterocycles. The van der Waals surface area contributed by atoms with Gasteiger partial charge in [-0.15, -0.1) is 0 Å². The number of hydrazone groups is 1. The maximum Gasteiger partial charge on any atom is 0.387 e. The predicted molar refractivity (Wildman–Crippen MR) is 84.4 cm³/mol. The van der Waals surface area contributed by atoms with Crippen molar-refractivity contribution in [2.45, 2.75) is 20.5 Å². The fourth-order valence-electron chi connectivity index (χ4n) is 2.01. The number of alkyl halides is 2. The molecule has 0 spiro atoms. The van der Waals surface area contributed by atoms with Crippen molar-refractivity contribution in [3.8, 4) is 5.75 Å².